The standard InChI is InChI=1S/C25H25ClN2O4S/c26-21-10-4-6-12-23(21)32-24-13-7-5-11-22(24)27-25(29)20-14-16-28(17-15-20)33(30,31)18-19-8-2-1-3-9-19/h1-13,20H,14-18H2,(H,27,29). The molecular weight excluding hydrogens is 460 g/mol. The monoisotopic (exact) mass is 484 g/mol. The molecule has 0 bridgehead atoms. The lowest BCUT2D eigenvalue weighted by Crippen LogP contribution is -2.41. The first-order chi connectivity index (χ1) is 15.9. The number of ether oxygens (including phenoxy) is 1. The molecule has 1 N–H and O–H groups in total. The molecule has 6 nitrogen and oxygen atoms in total. The predicted octanol–water partition coefficient (Wildman–Crippen LogP) is 5.31. The number of anilines is 1. The normalized spacial score (nSPS) is 15.2. The molecule has 33 heavy (non-hydrogen) atoms. The Labute approximate surface area is 199 Å². The van der Waals surface area contributed by atoms with Gasteiger partial charge in [0, 0.05) is 19.0 Å². The molecule has 3 aromatic rings. The maximum atomic E-state index is 12.9. The molecule has 0 saturated carbocycles. The van der Waals surface area contributed by atoms with Crippen LogP contribution in [0.1, 0.15) is 18.4 Å². The number of hydrogen-bond acceptors (Lipinski definition) is 4. The molecule has 0 spiro atoms. The number of nitrogens with zero attached hydrogens (tertiary/aromatic N) is 1. The van der Waals surface area contributed by atoms with Gasteiger partial charge in [0.15, 0.2) is 5.75 Å². The molecule has 0 radical (unpaired) electrons. The van der Waals surface area contributed by atoms with E-state index in [-0.39, 0.29) is 17.6 Å². The van der Waals surface area contributed by atoms with Crippen molar-refractivity contribution < 1.29 is 17.9 Å². The van der Waals surface area contributed by atoms with E-state index in [2.05, 4.69) is 5.32 Å². The number of carbonyl (C=O) groups is 1. The third kappa shape index (κ3) is 5.93. The van der Waals surface area contributed by atoms with Gasteiger partial charge in [-0.05, 0) is 42.7 Å². The molecule has 1 aliphatic rings. The number of para-hydroxylation sites is 3. The molecule has 8 heteroatoms. The van der Waals surface area contributed by atoms with Gasteiger partial charge < -0.3 is 10.1 Å². The van der Waals surface area contributed by atoms with Gasteiger partial charge in [0.05, 0.1) is 16.5 Å². The van der Waals surface area contributed by atoms with Crippen LogP contribution in [0, 0.1) is 5.92 Å². The molecule has 172 valence electrons. The second kappa shape index (κ2) is 10.4. The summed E-state index contributed by atoms with van der Waals surface area (Å²) in [5.74, 6) is 0.531. The van der Waals surface area contributed by atoms with Gasteiger partial charge >= 0.3 is 0 Å². The van der Waals surface area contributed by atoms with Gasteiger partial charge in [0.2, 0.25) is 15.9 Å². The average molecular weight is 485 g/mol. The van der Waals surface area contributed by atoms with Gasteiger partial charge in [-0.1, -0.05) is 66.2 Å². The van der Waals surface area contributed by atoms with Gasteiger partial charge in [-0.3, -0.25) is 4.79 Å². The fourth-order valence-corrected chi connectivity index (χ4v) is 5.55. The summed E-state index contributed by atoms with van der Waals surface area (Å²) in [4.78, 5) is 12.9. The highest BCUT2D eigenvalue weighted by atomic mass is 35.5. The Bertz CT molecular complexity index is 1210. The van der Waals surface area contributed by atoms with Crippen LogP contribution in [0.3, 0.4) is 0 Å². The fraction of sp³-hybridized carbons (Fsp3) is 0.240. The quantitative estimate of drug-likeness (QED) is 0.493. The van der Waals surface area contributed by atoms with E-state index in [4.69, 9.17) is 16.3 Å². The zero-order valence-electron chi connectivity index (χ0n) is 18.0. The van der Waals surface area contributed by atoms with Gasteiger partial charge in [-0.2, -0.15) is 0 Å². The number of nitrogens with one attached hydrogen (secondary N) is 1. The molecule has 0 aliphatic carbocycles. The van der Waals surface area contributed by atoms with Crippen LogP contribution in [0.4, 0.5) is 5.69 Å². The van der Waals surface area contributed by atoms with Gasteiger partial charge in [0.25, 0.3) is 0 Å². The van der Waals surface area contributed by atoms with Gasteiger partial charge in [-0.15, -0.1) is 0 Å². The first-order valence-electron chi connectivity index (χ1n) is 10.8. The van der Waals surface area contributed by atoms with Gasteiger partial charge in [0.1, 0.15) is 5.75 Å². The van der Waals surface area contributed by atoms with E-state index in [1.807, 2.05) is 42.5 Å². The van der Waals surface area contributed by atoms with Crippen LogP contribution in [0.5, 0.6) is 11.5 Å². The van der Waals surface area contributed by atoms with Gasteiger partial charge in [-0.25, -0.2) is 12.7 Å². The van der Waals surface area contributed by atoms with Crippen molar-refractivity contribution in [3.05, 3.63) is 89.4 Å². The van der Waals surface area contributed by atoms with Crippen LogP contribution in [0.15, 0.2) is 78.9 Å². The molecule has 4 rings (SSSR count). The molecule has 1 fully saturated rings. The fourth-order valence-electron chi connectivity index (χ4n) is 3.81. The Hall–Kier alpha value is -2.87. The molecule has 1 aliphatic heterocycles. The smallest absolute Gasteiger partial charge is 0.227 e. The lowest BCUT2D eigenvalue weighted by molar-refractivity contribution is -0.120. The Balaban J connectivity index is 1.37. The Morgan fingerprint density at radius 2 is 1.52 bits per heavy atom. The van der Waals surface area contributed by atoms with Crippen molar-refractivity contribution in [3.63, 3.8) is 0 Å². The van der Waals surface area contributed by atoms with Crippen molar-refractivity contribution in [2.75, 3.05) is 18.4 Å². The van der Waals surface area contributed by atoms with E-state index >= 15 is 0 Å². The van der Waals surface area contributed by atoms with Crippen molar-refractivity contribution >= 4 is 33.2 Å². The number of rotatable bonds is 7. The molecule has 0 unspecified atom stereocenters. The second-order valence-electron chi connectivity index (χ2n) is 7.93. The number of piperidine rings is 1. The summed E-state index contributed by atoms with van der Waals surface area (Å²) < 4.78 is 32.9. The summed E-state index contributed by atoms with van der Waals surface area (Å²) in [5, 5.41) is 3.41. The lowest BCUT2D eigenvalue weighted by atomic mass is 9.97. The van der Waals surface area contributed by atoms with Crippen LogP contribution < -0.4 is 10.1 Å². The zero-order chi connectivity index (χ0) is 23.3. The maximum absolute atomic E-state index is 12.9. The molecule has 0 aromatic heterocycles. The van der Waals surface area contributed by atoms with Crippen molar-refractivity contribution in [1.82, 2.24) is 4.31 Å². The predicted molar refractivity (Wildman–Crippen MR) is 130 cm³/mol. The second-order valence-corrected chi connectivity index (χ2v) is 10.3. The number of carbonyl (C=O) groups excluding carboxylic acids is 1. The number of benzene rings is 3. The number of sulfonamides is 1. The highest BCUT2D eigenvalue weighted by Crippen LogP contribution is 2.34. The first-order valence-corrected chi connectivity index (χ1v) is 12.7. The summed E-state index contributed by atoms with van der Waals surface area (Å²) >= 11 is 6.19. The highest BCUT2D eigenvalue weighted by molar-refractivity contribution is 7.88. The van der Waals surface area contributed by atoms with E-state index in [9.17, 15) is 13.2 Å². The van der Waals surface area contributed by atoms with E-state index in [0.29, 0.717) is 48.1 Å². The Kier molecular flexibility index (Phi) is 7.33. The molecule has 0 atom stereocenters. The summed E-state index contributed by atoms with van der Waals surface area (Å²) in [5.41, 5.74) is 1.30. The van der Waals surface area contributed by atoms with Crippen molar-refractivity contribution in [1.29, 1.82) is 0 Å². The van der Waals surface area contributed by atoms with E-state index in [1.54, 1.807) is 36.4 Å². The molecular formula is C25H25ClN2O4S. The topological polar surface area (TPSA) is 75.7 Å². The average Bonchev–Trinajstić information content (AvgIpc) is 2.82. The SMILES string of the molecule is O=C(Nc1ccccc1Oc1ccccc1Cl)C1CCN(S(=O)(=O)Cc2ccccc2)CC1. The first kappa shape index (κ1) is 23.3. The van der Waals surface area contributed by atoms with Crippen LogP contribution in [0.2, 0.25) is 5.02 Å². The number of halogens is 1. The minimum Gasteiger partial charge on any atom is -0.454 e. The Morgan fingerprint density at radius 3 is 2.21 bits per heavy atom. The maximum Gasteiger partial charge on any atom is 0.227 e. The lowest BCUT2D eigenvalue weighted by Gasteiger charge is -2.30. The third-order valence-electron chi connectivity index (χ3n) is 5.61. The summed E-state index contributed by atoms with van der Waals surface area (Å²) in [6, 6.07) is 23.4. The minimum atomic E-state index is -3.42. The van der Waals surface area contributed by atoms with Crippen molar-refractivity contribution in [2.45, 2.75) is 18.6 Å². The van der Waals surface area contributed by atoms with Crippen molar-refractivity contribution in [2.24, 2.45) is 5.92 Å². The number of hydrogen-bond donors (Lipinski definition) is 1. The van der Waals surface area contributed by atoms with Crippen molar-refractivity contribution in [3.8, 4) is 11.5 Å². The summed E-state index contributed by atoms with van der Waals surface area (Å²) in [6.07, 6.45) is 0.931. The van der Waals surface area contributed by atoms with Crippen LogP contribution in [-0.2, 0) is 20.6 Å². The third-order valence-corrected chi connectivity index (χ3v) is 7.77. The Morgan fingerprint density at radius 1 is 0.909 bits per heavy atom. The van der Waals surface area contributed by atoms with E-state index in [0.717, 1.165) is 5.56 Å². The van der Waals surface area contributed by atoms with E-state index < -0.39 is 10.0 Å². The minimum absolute atomic E-state index is 0.0303. The van der Waals surface area contributed by atoms with Crippen LogP contribution in [0.25, 0.3) is 0 Å². The summed E-state index contributed by atoms with van der Waals surface area (Å²) in [6.45, 7) is 0.649. The largest absolute Gasteiger partial charge is 0.454 e. The zero-order valence-corrected chi connectivity index (χ0v) is 19.6. The molecule has 1 amide bonds. The van der Waals surface area contributed by atoms with Crippen LogP contribution >= 0.6 is 11.6 Å². The molecule has 1 saturated heterocycles. The van der Waals surface area contributed by atoms with Crippen LogP contribution in [-0.4, -0.2) is 31.7 Å². The number of amides is 1. The molecule has 3 aromatic carbocycles. The summed E-state index contributed by atoms with van der Waals surface area (Å²) in [7, 11) is -3.42. The molecule has 1 heterocycles. The highest BCUT2D eigenvalue weighted by Gasteiger charge is 2.31. The van der Waals surface area contributed by atoms with E-state index in [1.165, 1.54) is 4.31 Å².